The standard InChI is InChI=1S/C49H65N17O6/c50-47(51)56-20-8-17-35-41(67)61-36(18-9-21-57-48(52)53)43(69)65-40(25-30-27-60-34-16-7-5-14-32(30)34)46(72)66-39(24-29-26-59-33-15-6-4-13-31(29)33)45(71)63-37(19-10-22-58-49(54)55)42(68)64-38(44(70)62-35)23-28-11-2-1-3-12-28/h1-7,11-16,26-27,35-40,59-60H,8-10,17-25H2,(H,61,67)(H,62,70)(H,63,71)(H,64,68)(H,65,69)(H,66,72)(H4,50,51,56)(H4,52,53,57)(H4,54,55,58)/t35-,36-,37-,38+,39-,40-/m0/s1. The number of aromatic nitrogens is 2. The van der Waals surface area contributed by atoms with Crippen molar-refractivity contribution in [3.8, 4) is 0 Å². The van der Waals surface area contributed by atoms with Crippen LogP contribution in [0.3, 0.4) is 0 Å². The highest BCUT2D eigenvalue weighted by atomic mass is 16.2. The largest absolute Gasteiger partial charge is 0.370 e. The van der Waals surface area contributed by atoms with Crippen LogP contribution in [0.25, 0.3) is 21.8 Å². The Morgan fingerprint density at radius 1 is 0.389 bits per heavy atom. The number of aliphatic imine (C=N–C) groups is 3. The molecular weight excluding hydrogens is 923 g/mol. The normalized spacial score (nSPS) is 20.4. The van der Waals surface area contributed by atoms with Gasteiger partial charge in [0, 0.05) is 73.1 Å². The van der Waals surface area contributed by atoms with E-state index in [0.29, 0.717) is 16.7 Å². The third-order valence-electron chi connectivity index (χ3n) is 12.1. The molecule has 5 aromatic rings. The fourth-order valence-electron chi connectivity index (χ4n) is 8.47. The van der Waals surface area contributed by atoms with Crippen LogP contribution < -0.4 is 66.3 Å². The van der Waals surface area contributed by atoms with E-state index < -0.39 is 71.7 Å². The average Bonchev–Trinajstić information content (AvgIpc) is 3.96. The molecule has 3 aromatic carbocycles. The van der Waals surface area contributed by atoms with Gasteiger partial charge in [0.05, 0.1) is 0 Å². The molecule has 6 atom stereocenters. The van der Waals surface area contributed by atoms with Crippen molar-refractivity contribution >= 4 is 75.1 Å². The molecule has 0 aliphatic carbocycles. The summed E-state index contributed by atoms with van der Waals surface area (Å²) in [5.41, 5.74) is 37.1. The van der Waals surface area contributed by atoms with Gasteiger partial charge in [-0.15, -0.1) is 0 Å². The van der Waals surface area contributed by atoms with Crippen LogP contribution in [-0.4, -0.2) is 119 Å². The Morgan fingerprint density at radius 3 is 1.06 bits per heavy atom. The van der Waals surface area contributed by atoms with Crippen molar-refractivity contribution in [1.29, 1.82) is 0 Å². The van der Waals surface area contributed by atoms with Crippen LogP contribution >= 0.6 is 0 Å². The van der Waals surface area contributed by atoms with Crippen molar-refractivity contribution in [3.05, 3.63) is 108 Å². The lowest BCUT2D eigenvalue weighted by Gasteiger charge is -2.29. The van der Waals surface area contributed by atoms with Gasteiger partial charge in [-0.25, -0.2) is 0 Å². The van der Waals surface area contributed by atoms with E-state index >= 15 is 0 Å². The number of guanidine groups is 3. The Kier molecular flexibility index (Phi) is 18.9. The fourth-order valence-corrected chi connectivity index (χ4v) is 8.47. The molecule has 1 fully saturated rings. The second-order valence-corrected chi connectivity index (χ2v) is 17.5. The maximum Gasteiger partial charge on any atom is 0.243 e. The minimum absolute atomic E-state index is 0.00141. The second-order valence-electron chi connectivity index (χ2n) is 17.5. The third kappa shape index (κ3) is 15.4. The molecule has 20 N–H and O–H groups in total. The molecule has 0 saturated carbocycles. The van der Waals surface area contributed by atoms with Crippen molar-refractivity contribution in [3.63, 3.8) is 0 Å². The number of carbonyl (C=O) groups excluding carboxylic acids is 6. The van der Waals surface area contributed by atoms with Crippen LogP contribution in [0.1, 0.15) is 55.2 Å². The molecule has 6 amide bonds. The van der Waals surface area contributed by atoms with Gasteiger partial charge in [0.1, 0.15) is 36.3 Å². The van der Waals surface area contributed by atoms with Crippen molar-refractivity contribution in [2.24, 2.45) is 49.4 Å². The Bertz CT molecular complexity index is 2760. The van der Waals surface area contributed by atoms with E-state index in [1.807, 2.05) is 48.5 Å². The smallest absolute Gasteiger partial charge is 0.243 e. The Balaban J connectivity index is 1.45. The number of amides is 6. The number of hydrogen-bond acceptors (Lipinski definition) is 9. The summed E-state index contributed by atoms with van der Waals surface area (Å²) in [5, 5.41) is 18.6. The number of rotatable bonds is 18. The summed E-state index contributed by atoms with van der Waals surface area (Å²) >= 11 is 0. The zero-order valence-electron chi connectivity index (χ0n) is 39.9. The highest BCUT2D eigenvalue weighted by Crippen LogP contribution is 2.22. The second kappa shape index (κ2) is 25.8. The molecule has 23 heteroatoms. The predicted molar refractivity (Wildman–Crippen MR) is 275 cm³/mol. The first-order valence-corrected chi connectivity index (χ1v) is 23.8. The Hall–Kier alpha value is -8.63. The highest BCUT2D eigenvalue weighted by Gasteiger charge is 2.36. The first-order chi connectivity index (χ1) is 34.6. The monoisotopic (exact) mass is 988 g/mol. The van der Waals surface area contributed by atoms with Crippen molar-refractivity contribution in [2.75, 3.05) is 19.6 Å². The molecule has 0 spiro atoms. The van der Waals surface area contributed by atoms with Crippen molar-refractivity contribution in [2.45, 2.75) is 94.0 Å². The first-order valence-electron chi connectivity index (χ1n) is 23.8. The van der Waals surface area contributed by atoms with Gasteiger partial charge in [-0.05, 0) is 67.3 Å². The van der Waals surface area contributed by atoms with Gasteiger partial charge in [0.15, 0.2) is 17.9 Å². The molecule has 0 radical (unpaired) electrons. The molecule has 0 bridgehead atoms. The summed E-state index contributed by atoms with van der Waals surface area (Å²) < 4.78 is 0. The Morgan fingerprint density at radius 2 is 0.694 bits per heavy atom. The van der Waals surface area contributed by atoms with Gasteiger partial charge in [-0.3, -0.25) is 43.7 Å². The molecule has 382 valence electrons. The van der Waals surface area contributed by atoms with E-state index in [1.165, 1.54) is 0 Å². The number of fused-ring (bicyclic) bond motifs is 2. The van der Waals surface area contributed by atoms with Gasteiger partial charge < -0.3 is 76.3 Å². The number of hydrogen-bond donors (Lipinski definition) is 14. The number of H-pyrrole nitrogens is 2. The molecular formula is C49H65N17O6. The van der Waals surface area contributed by atoms with Gasteiger partial charge in [-0.2, -0.15) is 0 Å². The van der Waals surface area contributed by atoms with Gasteiger partial charge in [0.25, 0.3) is 0 Å². The lowest BCUT2D eigenvalue weighted by Crippen LogP contribution is -2.62. The van der Waals surface area contributed by atoms with Crippen LogP contribution in [-0.2, 0) is 48.0 Å². The molecule has 23 nitrogen and oxygen atoms in total. The SMILES string of the molecule is NC(N)=NCCC[C@@H]1NC(=O)[C@H](CCCN=C(N)N)NC(=O)[C@@H](Cc2ccccc2)NC(=O)[C@H](CCCN=C(N)N)NC(=O)[C@H](Cc2c[nH]c3ccccc23)NC(=O)[C@H](Cc2c[nH]c3ccccc23)NC1=O. The van der Waals surface area contributed by atoms with Crippen LogP contribution in [0.15, 0.2) is 106 Å². The molecule has 1 aliphatic rings. The van der Waals surface area contributed by atoms with Crippen LogP contribution in [0.5, 0.6) is 0 Å². The molecule has 2 aromatic heterocycles. The number of nitrogens with one attached hydrogen (secondary N) is 8. The van der Waals surface area contributed by atoms with E-state index in [-0.39, 0.29) is 95.3 Å². The summed E-state index contributed by atoms with van der Waals surface area (Å²) in [6.45, 7) is 0.301. The molecule has 72 heavy (non-hydrogen) atoms. The zero-order chi connectivity index (χ0) is 51.6. The summed E-state index contributed by atoms with van der Waals surface area (Å²) in [6, 6.07) is 15.9. The summed E-state index contributed by atoms with van der Waals surface area (Å²) in [6.07, 6.45) is 3.96. The van der Waals surface area contributed by atoms with E-state index in [9.17, 15) is 28.8 Å². The first kappa shape index (κ1) is 52.7. The van der Waals surface area contributed by atoms with E-state index in [0.717, 1.165) is 21.8 Å². The molecule has 0 unspecified atom stereocenters. The summed E-state index contributed by atoms with van der Waals surface area (Å²) in [4.78, 5) is 107. The summed E-state index contributed by atoms with van der Waals surface area (Å²) in [5.74, 6) is -4.95. The quantitative estimate of drug-likeness (QED) is 0.0279. The number of nitrogens with zero attached hydrogens (tertiary/aromatic N) is 3. The van der Waals surface area contributed by atoms with Crippen LogP contribution in [0, 0.1) is 0 Å². The van der Waals surface area contributed by atoms with Crippen molar-refractivity contribution in [1.82, 2.24) is 41.9 Å². The fraction of sp³-hybridized carbons (Fsp3) is 0.367. The molecule has 1 aliphatic heterocycles. The number of benzene rings is 3. The molecule has 1 saturated heterocycles. The lowest BCUT2D eigenvalue weighted by atomic mass is 10.00. The third-order valence-corrected chi connectivity index (χ3v) is 12.1. The van der Waals surface area contributed by atoms with Gasteiger partial charge in [0.2, 0.25) is 35.4 Å². The Labute approximate surface area is 415 Å². The maximum absolute atomic E-state index is 14.9. The minimum Gasteiger partial charge on any atom is -0.370 e. The predicted octanol–water partition coefficient (Wildman–Crippen LogP) is -1.24. The summed E-state index contributed by atoms with van der Waals surface area (Å²) in [7, 11) is 0. The number of para-hydroxylation sites is 2. The molecule has 6 rings (SSSR count). The van der Waals surface area contributed by atoms with Crippen LogP contribution in [0.2, 0.25) is 0 Å². The molecule has 3 heterocycles. The van der Waals surface area contributed by atoms with E-state index in [2.05, 4.69) is 56.8 Å². The minimum atomic E-state index is -1.33. The van der Waals surface area contributed by atoms with E-state index in [4.69, 9.17) is 34.4 Å². The number of carbonyl (C=O) groups is 6. The maximum atomic E-state index is 14.9. The van der Waals surface area contributed by atoms with Crippen LogP contribution in [0.4, 0.5) is 0 Å². The number of nitrogens with two attached hydrogens (primary N) is 6. The lowest BCUT2D eigenvalue weighted by molar-refractivity contribution is -0.136. The van der Waals surface area contributed by atoms with Crippen molar-refractivity contribution < 1.29 is 28.8 Å². The topological polar surface area (TPSA) is 399 Å². The van der Waals surface area contributed by atoms with Gasteiger partial charge in [-0.1, -0.05) is 66.7 Å². The van der Waals surface area contributed by atoms with E-state index in [1.54, 1.807) is 42.7 Å². The zero-order valence-corrected chi connectivity index (χ0v) is 39.9. The highest BCUT2D eigenvalue weighted by molar-refractivity contribution is 5.99. The number of aromatic amines is 2. The van der Waals surface area contributed by atoms with Gasteiger partial charge >= 0.3 is 0 Å². The average molecular weight is 988 g/mol.